The Kier molecular flexibility index (Phi) is 2.92. The number of hydrogen-bond acceptors (Lipinski definition) is 2. The Labute approximate surface area is 96.8 Å². The first-order valence-electron chi connectivity index (χ1n) is 5.27. The Morgan fingerprint density at radius 2 is 1.94 bits per heavy atom. The average molecular weight is 239 g/mol. The van der Waals surface area contributed by atoms with Gasteiger partial charge in [0.25, 0.3) is 0 Å². The normalized spacial score (nSPS) is 24.6. The zero-order valence-electron chi connectivity index (χ0n) is 9.17. The van der Waals surface area contributed by atoms with Gasteiger partial charge in [-0.1, -0.05) is 13.0 Å². The summed E-state index contributed by atoms with van der Waals surface area (Å²) in [5, 5.41) is 2.21. The molecule has 1 heterocycles. The first kappa shape index (κ1) is 11.7. The second kappa shape index (κ2) is 4.24. The third kappa shape index (κ3) is 2.18. The summed E-state index contributed by atoms with van der Waals surface area (Å²) in [6, 6.07) is 3.46. The molecule has 3 nitrogen and oxygen atoms in total. The Hall–Kier alpha value is -1.78. The van der Waals surface area contributed by atoms with Crippen molar-refractivity contribution in [2.45, 2.75) is 19.3 Å². The van der Waals surface area contributed by atoms with Crippen molar-refractivity contribution in [3.63, 3.8) is 0 Å². The van der Waals surface area contributed by atoms with E-state index in [0.717, 1.165) is 12.1 Å². The minimum atomic E-state index is -0.965. The van der Waals surface area contributed by atoms with Crippen LogP contribution in [-0.4, -0.2) is 11.8 Å². The van der Waals surface area contributed by atoms with E-state index < -0.39 is 23.5 Å². The molecule has 1 saturated heterocycles. The first-order valence-corrected chi connectivity index (χ1v) is 5.27. The number of carbonyl (C=O) groups excluding carboxylic acids is 2. The topological polar surface area (TPSA) is 46.2 Å². The molecule has 1 N–H and O–H groups in total. The molecule has 2 atom stereocenters. The molecule has 1 aliphatic rings. The van der Waals surface area contributed by atoms with Gasteiger partial charge in [-0.05, 0) is 17.7 Å². The number of rotatable bonds is 1. The lowest BCUT2D eigenvalue weighted by atomic mass is 9.81. The van der Waals surface area contributed by atoms with Crippen LogP contribution in [0.5, 0.6) is 0 Å². The van der Waals surface area contributed by atoms with Gasteiger partial charge in [0.1, 0.15) is 0 Å². The third-order valence-electron chi connectivity index (χ3n) is 3.06. The van der Waals surface area contributed by atoms with Crippen molar-refractivity contribution < 1.29 is 18.4 Å². The maximum Gasteiger partial charge on any atom is 0.230 e. The SMILES string of the molecule is CC1C(=O)NC(=O)CC1c1ccc(F)c(F)c1. The molecule has 90 valence electrons. The molecule has 1 aliphatic heterocycles. The summed E-state index contributed by atoms with van der Waals surface area (Å²) in [5.41, 5.74) is 0.472. The van der Waals surface area contributed by atoms with Crippen LogP contribution in [0, 0.1) is 17.6 Å². The smallest absolute Gasteiger partial charge is 0.230 e. The molecule has 2 rings (SSSR count). The van der Waals surface area contributed by atoms with Crippen LogP contribution in [0.2, 0.25) is 0 Å². The van der Waals surface area contributed by atoms with Gasteiger partial charge in [-0.25, -0.2) is 8.78 Å². The molecule has 0 radical (unpaired) electrons. The molecule has 0 saturated carbocycles. The van der Waals surface area contributed by atoms with Crippen molar-refractivity contribution in [2.75, 3.05) is 0 Å². The quantitative estimate of drug-likeness (QED) is 0.758. The van der Waals surface area contributed by atoms with E-state index in [9.17, 15) is 18.4 Å². The molecule has 17 heavy (non-hydrogen) atoms. The highest BCUT2D eigenvalue weighted by Gasteiger charge is 2.33. The number of hydrogen-bond donors (Lipinski definition) is 1. The van der Waals surface area contributed by atoms with E-state index in [2.05, 4.69) is 5.32 Å². The number of carbonyl (C=O) groups is 2. The van der Waals surface area contributed by atoms with Crippen LogP contribution in [-0.2, 0) is 9.59 Å². The summed E-state index contributed by atoms with van der Waals surface area (Å²) in [4.78, 5) is 22.7. The van der Waals surface area contributed by atoms with E-state index in [1.807, 2.05) is 0 Å². The summed E-state index contributed by atoms with van der Waals surface area (Å²) in [6.45, 7) is 1.66. The lowest BCUT2D eigenvalue weighted by molar-refractivity contribution is -0.136. The highest BCUT2D eigenvalue weighted by atomic mass is 19.2. The predicted molar refractivity (Wildman–Crippen MR) is 56.0 cm³/mol. The molecular formula is C12H11F2NO2. The summed E-state index contributed by atoms with van der Waals surface area (Å²) < 4.78 is 25.9. The van der Waals surface area contributed by atoms with Crippen LogP contribution in [0.25, 0.3) is 0 Å². The van der Waals surface area contributed by atoms with Crippen molar-refractivity contribution in [1.29, 1.82) is 0 Å². The Morgan fingerprint density at radius 1 is 1.24 bits per heavy atom. The van der Waals surface area contributed by atoms with Gasteiger partial charge >= 0.3 is 0 Å². The van der Waals surface area contributed by atoms with E-state index in [0.29, 0.717) is 5.56 Å². The Morgan fingerprint density at radius 3 is 2.59 bits per heavy atom. The zero-order valence-corrected chi connectivity index (χ0v) is 9.17. The van der Waals surface area contributed by atoms with E-state index in [1.54, 1.807) is 6.92 Å². The van der Waals surface area contributed by atoms with Gasteiger partial charge in [0.05, 0.1) is 0 Å². The van der Waals surface area contributed by atoms with Crippen LogP contribution in [0.3, 0.4) is 0 Å². The number of imide groups is 1. The number of nitrogens with one attached hydrogen (secondary N) is 1. The second-order valence-corrected chi connectivity index (χ2v) is 4.19. The van der Waals surface area contributed by atoms with Crippen molar-refractivity contribution in [1.82, 2.24) is 5.32 Å². The molecule has 0 aliphatic carbocycles. The fraction of sp³-hybridized carbons (Fsp3) is 0.333. The van der Waals surface area contributed by atoms with Gasteiger partial charge in [0.15, 0.2) is 11.6 Å². The number of halogens is 2. The van der Waals surface area contributed by atoms with Crippen LogP contribution in [0.1, 0.15) is 24.8 Å². The fourth-order valence-corrected chi connectivity index (χ4v) is 2.01. The highest BCUT2D eigenvalue weighted by molar-refractivity contribution is 5.99. The predicted octanol–water partition coefficient (Wildman–Crippen LogP) is 1.73. The fourth-order valence-electron chi connectivity index (χ4n) is 2.01. The van der Waals surface area contributed by atoms with Crippen LogP contribution < -0.4 is 5.32 Å². The van der Waals surface area contributed by atoms with Gasteiger partial charge in [0.2, 0.25) is 11.8 Å². The molecule has 0 aromatic heterocycles. The van der Waals surface area contributed by atoms with E-state index in [1.165, 1.54) is 6.07 Å². The Balaban J connectivity index is 2.34. The summed E-state index contributed by atoms with van der Waals surface area (Å²) in [5.74, 6) is -3.50. The largest absolute Gasteiger partial charge is 0.296 e. The zero-order chi connectivity index (χ0) is 12.6. The molecule has 1 aromatic carbocycles. The number of piperidine rings is 1. The van der Waals surface area contributed by atoms with E-state index in [-0.39, 0.29) is 18.2 Å². The molecule has 1 aromatic rings. The van der Waals surface area contributed by atoms with Crippen LogP contribution >= 0.6 is 0 Å². The summed E-state index contributed by atoms with van der Waals surface area (Å²) in [6.07, 6.45) is 0.109. The lowest BCUT2D eigenvalue weighted by Gasteiger charge is -2.27. The van der Waals surface area contributed by atoms with E-state index in [4.69, 9.17) is 0 Å². The first-order chi connectivity index (χ1) is 7.99. The van der Waals surface area contributed by atoms with Crippen LogP contribution in [0.15, 0.2) is 18.2 Å². The minimum Gasteiger partial charge on any atom is -0.296 e. The van der Waals surface area contributed by atoms with Crippen molar-refractivity contribution in [2.24, 2.45) is 5.92 Å². The molecule has 0 bridgehead atoms. The van der Waals surface area contributed by atoms with Gasteiger partial charge < -0.3 is 0 Å². The maximum absolute atomic E-state index is 13.1. The maximum atomic E-state index is 13.1. The molecular weight excluding hydrogens is 228 g/mol. The summed E-state index contributed by atoms with van der Waals surface area (Å²) >= 11 is 0. The third-order valence-corrected chi connectivity index (χ3v) is 3.06. The molecule has 1 fully saturated rings. The van der Waals surface area contributed by atoms with Crippen molar-refractivity contribution >= 4 is 11.8 Å². The molecule has 0 spiro atoms. The summed E-state index contributed by atoms with van der Waals surface area (Å²) in [7, 11) is 0. The second-order valence-electron chi connectivity index (χ2n) is 4.19. The standard InChI is InChI=1S/C12H11F2NO2/c1-6-8(5-11(16)15-12(6)17)7-2-3-9(13)10(14)4-7/h2-4,6,8H,5H2,1H3,(H,15,16,17). The number of amides is 2. The van der Waals surface area contributed by atoms with Gasteiger partial charge in [0, 0.05) is 18.3 Å². The lowest BCUT2D eigenvalue weighted by Crippen LogP contribution is -2.43. The van der Waals surface area contributed by atoms with E-state index >= 15 is 0 Å². The minimum absolute atomic E-state index is 0.109. The van der Waals surface area contributed by atoms with Crippen molar-refractivity contribution in [3.05, 3.63) is 35.4 Å². The van der Waals surface area contributed by atoms with Gasteiger partial charge in [-0.2, -0.15) is 0 Å². The molecule has 5 heteroatoms. The van der Waals surface area contributed by atoms with Gasteiger partial charge in [-0.15, -0.1) is 0 Å². The van der Waals surface area contributed by atoms with Crippen LogP contribution in [0.4, 0.5) is 8.78 Å². The molecule has 2 amide bonds. The van der Waals surface area contributed by atoms with Crippen molar-refractivity contribution in [3.8, 4) is 0 Å². The highest BCUT2D eigenvalue weighted by Crippen LogP contribution is 2.31. The monoisotopic (exact) mass is 239 g/mol. The Bertz CT molecular complexity index is 487. The number of benzene rings is 1. The molecule has 2 unspecified atom stereocenters. The van der Waals surface area contributed by atoms with Gasteiger partial charge in [-0.3, -0.25) is 14.9 Å². The average Bonchev–Trinajstić information content (AvgIpc) is 2.27.